The van der Waals surface area contributed by atoms with Gasteiger partial charge >= 0.3 is 6.03 Å². The van der Waals surface area contributed by atoms with Gasteiger partial charge in [0.1, 0.15) is 5.75 Å². The van der Waals surface area contributed by atoms with E-state index in [1.807, 2.05) is 62.6 Å². The van der Waals surface area contributed by atoms with Gasteiger partial charge in [-0.2, -0.15) is 0 Å². The number of hydrogen-bond acceptors (Lipinski definition) is 3. The molecule has 5 nitrogen and oxygen atoms in total. The fourth-order valence-electron chi connectivity index (χ4n) is 2.34. The summed E-state index contributed by atoms with van der Waals surface area (Å²) in [7, 11) is 5.64. The Morgan fingerprint density at radius 1 is 1.17 bits per heavy atom. The number of nitrogens with zero attached hydrogens (tertiary/aromatic N) is 1. The second kappa shape index (κ2) is 8.89. The Morgan fingerprint density at radius 3 is 2.42 bits per heavy atom. The van der Waals surface area contributed by atoms with Gasteiger partial charge in [0, 0.05) is 10.1 Å². The Morgan fingerprint density at radius 2 is 1.83 bits per heavy atom. The Balaban J connectivity index is 1.98. The second-order valence-electron chi connectivity index (χ2n) is 5.57. The molecule has 2 N–H and O–H groups in total. The number of anilines is 1. The molecule has 0 aliphatic heterocycles. The van der Waals surface area contributed by atoms with Gasteiger partial charge in [0.2, 0.25) is 0 Å². The SMILES string of the molecule is COc1ccc(C(CNC(=O)Nc2ccccc2I)N(C)C)cc1. The monoisotopic (exact) mass is 439 g/mol. The number of methoxy groups -OCH3 is 1. The van der Waals surface area contributed by atoms with E-state index in [9.17, 15) is 4.79 Å². The van der Waals surface area contributed by atoms with Crippen molar-refractivity contribution in [1.29, 1.82) is 0 Å². The number of urea groups is 1. The molecule has 2 aromatic rings. The number of likely N-dealkylation sites (N-methyl/N-ethyl adjacent to an activating group) is 1. The zero-order valence-electron chi connectivity index (χ0n) is 14.0. The number of carbonyl (C=O) groups is 1. The van der Waals surface area contributed by atoms with Gasteiger partial charge in [-0.25, -0.2) is 4.79 Å². The summed E-state index contributed by atoms with van der Waals surface area (Å²) in [6, 6.07) is 15.4. The third-order valence-corrected chi connectivity index (χ3v) is 4.64. The maximum absolute atomic E-state index is 12.2. The standard InChI is InChI=1S/C18H22IN3O2/c1-22(2)17(13-8-10-14(24-3)11-9-13)12-20-18(23)21-16-7-5-4-6-15(16)19/h4-11,17H,12H2,1-3H3,(H2,20,21,23). The van der Waals surface area contributed by atoms with Crippen LogP contribution in [0.1, 0.15) is 11.6 Å². The molecule has 0 heterocycles. The maximum atomic E-state index is 12.2. The van der Waals surface area contributed by atoms with E-state index in [1.54, 1.807) is 7.11 Å². The average Bonchev–Trinajstić information content (AvgIpc) is 2.57. The lowest BCUT2D eigenvalue weighted by Crippen LogP contribution is -2.37. The molecule has 128 valence electrons. The highest BCUT2D eigenvalue weighted by molar-refractivity contribution is 14.1. The van der Waals surface area contributed by atoms with Crippen LogP contribution in [0.25, 0.3) is 0 Å². The quantitative estimate of drug-likeness (QED) is 0.675. The van der Waals surface area contributed by atoms with E-state index in [4.69, 9.17) is 4.74 Å². The van der Waals surface area contributed by atoms with Crippen molar-refractivity contribution in [2.24, 2.45) is 0 Å². The third-order valence-electron chi connectivity index (χ3n) is 3.70. The van der Waals surface area contributed by atoms with Crippen molar-refractivity contribution >= 4 is 34.3 Å². The van der Waals surface area contributed by atoms with Crippen LogP contribution in [0.4, 0.5) is 10.5 Å². The van der Waals surface area contributed by atoms with Crippen LogP contribution in [0.2, 0.25) is 0 Å². The first kappa shape index (κ1) is 18.5. The summed E-state index contributed by atoms with van der Waals surface area (Å²) in [4.78, 5) is 14.2. The van der Waals surface area contributed by atoms with Gasteiger partial charge in [0.15, 0.2) is 0 Å². The van der Waals surface area contributed by atoms with Gasteiger partial charge in [-0.05, 0) is 66.5 Å². The predicted molar refractivity (Wildman–Crippen MR) is 106 cm³/mol. The first-order valence-corrected chi connectivity index (χ1v) is 8.69. The Hall–Kier alpha value is -1.80. The lowest BCUT2D eigenvalue weighted by Gasteiger charge is -2.25. The summed E-state index contributed by atoms with van der Waals surface area (Å²) in [6.07, 6.45) is 0. The Labute approximate surface area is 156 Å². The van der Waals surface area contributed by atoms with Crippen molar-refractivity contribution in [2.45, 2.75) is 6.04 Å². The van der Waals surface area contributed by atoms with Gasteiger partial charge in [-0.3, -0.25) is 0 Å². The number of nitrogens with one attached hydrogen (secondary N) is 2. The highest BCUT2D eigenvalue weighted by atomic mass is 127. The maximum Gasteiger partial charge on any atom is 0.319 e. The molecule has 24 heavy (non-hydrogen) atoms. The number of benzene rings is 2. The lowest BCUT2D eigenvalue weighted by molar-refractivity contribution is 0.243. The van der Waals surface area contributed by atoms with Crippen LogP contribution >= 0.6 is 22.6 Å². The molecule has 6 heteroatoms. The third kappa shape index (κ3) is 5.10. The van der Waals surface area contributed by atoms with E-state index in [0.717, 1.165) is 20.6 Å². The molecule has 0 aliphatic carbocycles. The second-order valence-corrected chi connectivity index (χ2v) is 6.73. The van der Waals surface area contributed by atoms with Crippen LogP contribution in [0.5, 0.6) is 5.75 Å². The van der Waals surface area contributed by atoms with Crippen LogP contribution in [0.3, 0.4) is 0 Å². The van der Waals surface area contributed by atoms with Crippen molar-refractivity contribution in [1.82, 2.24) is 10.2 Å². The molecule has 0 aromatic heterocycles. The molecule has 0 spiro atoms. The average molecular weight is 439 g/mol. The Bertz CT molecular complexity index is 674. The van der Waals surface area contributed by atoms with Crippen LogP contribution in [-0.4, -0.2) is 38.7 Å². The normalized spacial score (nSPS) is 11.9. The topological polar surface area (TPSA) is 53.6 Å². The molecule has 0 fully saturated rings. The van der Waals surface area contributed by atoms with Gasteiger partial charge < -0.3 is 20.3 Å². The molecule has 2 rings (SSSR count). The van der Waals surface area contributed by atoms with Crippen LogP contribution in [0.15, 0.2) is 48.5 Å². The number of para-hydroxylation sites is 1. The van der Waals surface area contributed by atoms with Crippen molar-refractivity contribution < 1.29 is 9.53 Å². The van der Waals surface area contributed by atoms with Crippen LogP contribution < -0.4 is 15.4 Å². The van der Waals surface area contributed by atoms with Crippen LogP contribution in [0, 0.1) is 3.57 Å². The van der Waals surface area contributed by atoms with E-state index < -0.39 is 0 Å². The lowest BCUT2D eigenvalue weighted by atomic mass is 10.1. The van der Waals surface area contributed by atoms with Gasteiger partial charge in [-0.15, -0.1) is 0 Å². The number of ether oxygens (including phenoxy) is 1. The minimum absolute atomic E-state index is 0.0801. The first-order valence-electron chi connectivity index (χ1n) is 7.61. The molecule has 1 atom stereocenters. The van der Waals surface area contributed by atoms with Crippen molar-refractivity contribution in [3.63, 3.8) is 0 Å². The van der Waals surface area contributed by atoms with E-state index in [1.165, 1.54) is 0 Å². The largest absolute Gasteiger partial charge is 0.497 e. The van der Waals surface area contributed by atoms with Crippen LogP contribution in [-0.2, 0) is 0 Å². The molecular formula is C18H22IN3O2. The van der Waals surface area contributed by atoms with Gasteiger partial charge in [0.05, 0.1) is 18.8 Å². The van der Waals surface area contributed by atoms with E-state index in [0.29, 0.717) is 6.54 Å². The molecule has 0 saturated carbocycles. The van der Waals surface area contributed by atoms with Crippen molar-refractivity contribution in [2.75, 3.05) is 33.1 Å². The van der Waals surface area contributed by atoms with E-state index in [2.05, 4.69) is 38.1 Å². The Kier molecular flexibility index (Phi) is 6.86. The zero-order chi connectivity index (χ0) is 17.5. The summed E-state index contributed by atoms with van der Waals surface area (Å²) >= 11 is 2.20. The minimum atomic E-state index is -0.209. The molecule has 0 saturated heterocycles. The first-order chi connectivity index (χ1) is 11.5. The molecule has 0 aliphatic rings. The number of carbonyl (C=O) groups excluding carboxylic acids is 1. The number of hydrogen-bond donors (Lipinski definition) is 2. The number of rotatable bonds is 6. The fraction of sp³-hybridized carbons (Fsp3) is 0.278. The van der Waals surface area contributed by atoms with E-state index >= 15 is 0 Å². The number of amides is 2. The van der Waals surface area contributed by atoms with Crippen molar-refractivity contribution in [3.05, 3.63) is 57.7 Å². The summed E-state index contributed by atoms with van der Waals surface area (Å²) in [6.45, 7) is 0.509. The van der Waals surface area contributed by atoms with Gasteiger partial charge in [-0.1, -0.05) is 24.3 Å². The predicted octanol–water partition coefficient (Wildman–Crippen LogP) is 3.72. The molecule has 1 unspecified atom stereocenters. The molecule has 0 radical (unpaired) electrons. The highest BCUT2D eigenvalue weighted by Crippen LogP contribution is 2.21. The summed E-state index contributed by atoms with van der Waals surface area (Å²) in [5.41, 5.74) is 1.93. The van der Waals surface area contributed by atoms with Gasteiger partial charge in [0.25, 0.3) is 0 Å². The smallest absolute Gasteiger partial charge is 0.319 e. The highest BCUT2D eigenvalue weighted by Gasteiger charge is 2.15. The zero-order valence-corrected chi connectivity index (χ0v) is 16.2. The summed E-state index contributed by atoms with van der Waals surface area (Å²) in [5.74, 6) is 0.820. The van der Waals surface area contributed by atoms with Crippen molar-refractivity contribution in [3.8, 4) is 5.75 Å². The number of halogens is 1. The molecule has 2 amide bonds. The fourth-order valence-corrected chi connectivity index (χ4v) is 2.87. The molecular weight excluding hydrogens is 417 g/mol. The molecule has 2 aromatic carbocycles. The summed E-state index contributed by atoms with van der Waals surface area (Å²) < 4.78 is 6.20. The van der Waals surface area contributed by atoms with E-state index in [-0.39, 0.29) is 12.1 Å². The summed E-state index contributed by atoms with van der Waals surface area (Å²) in [5, 5.41) is 5.82. The minimum Gasteiger partial charge on any atom is -0.497 e. The molecule has 0 bridgehead atoms.